The lowest BCUT2D eigenvalue weighted by Gasteiger charge is -2.14. The van der Waals surface area contributed by atoms with Gasteiger partial charge >= 0.3 is 0 Å². The van der Waals surface area contributed by atoms with Crippen molar-refractivity contribution in [2.45, 2.75) is 20.4 Å². The molecule has 2 N–H and O–H groups in total. The molecule has 1 aromatic heterocycles. The largest absolute Gasteiger partial charge is 0.325 e. The molecule has 0 radical (unpaired) electrons. The highest BCUT2D eigenvalue weighted by atomic mass is 79.9. The number of anilines is 1. The van der Waals surface area contributed by atoms with Gasteiger partial charge in [-0.1, -0.05) is 6.07 Å². The smallest absolute Gasteiger partial charge is 0.293 e. The molecular weight excluding hydrogens is 394 g/mol. The Hall–Kier alpha value is -1.77. The van der Waals surface area contributed by atoms with E-state index in [1.807, 2.05) is 26.1 Å². The summed E-state index contributed by atoms with van der Waals surface area (Å²) in [5, 5.41) is 13.9. The molecule has 8 heteroatoms. The first-order chi connectivity index (χ1) is 11.3. The monoisotopic (exact) mass is 412 g/mol. The van der Waals surface area contributed by atoms with Crippen molar-refractivity contribution in [2.24, 2.45) is 0 Å². The first kappa shape index (κ1) is 18.6. The first-order valence-electron chi connectivity index (χ1n) is 7.38. The third-order valence-corrected chi connectivity index (χ3v) is 5.37. The molecule has 0 bridgehead atoms. The molecule has 0 saturated heterocycles. The number of likely N-dealkylation sites (N-methyl/N-ethyl adjacent to an activating group) is 1. The molecule has 2 rings (SSSR count). The van der Waals surface area contributed by atoms with Crippen LogP contribution in [0.15, 0.2) is 28.1 Å². The molecule has 1 unspecified atom stereocenters. The van der Waals surface area contributed by atoms with E-state index in [-0.39, 0.29) is 23.8 Å². The predicted molar refractivity (Wildman–Crippen MR) is 98.7 cm³/mol. The number of amides is 1. The fourth-order valence-corrected chi connectivity index (χ4v) is 3.97. The van der Waals surface area contributed by atoms with Crippen LogP contribution in [0.2, 0.25) is 0 Å². The number of carbonyl (C=O) groups excluding carboxylic acids is 1. The maximum atomic E-state index is 12.3. The van der Waals surface area contributed by atoms with E-state index in [0.717, 1.165) is 26.4 Å². The Morgan fingerprint density at radius 1 is 1.33 bits per heavy atom. The summed E-state index contributed by atoms with van der Waals surface area (Å²) in [6, 6.07) is 7.12. The highest BCUT2D eigenvalue weighted by molar-refractivity contribution is 9.11. The van der Waals surface area contributed by atoms with E-state index < -0.39 is 4.92 Å². The van der Waals surface area contributed by atoms with Crippen LogP contribution in [0.4, 0.5) is 11.4 Å². The number of hydrogen-bond acceptors (Lipinski definition) is 4. The van der Waals surface area contributed by atoms with Crippen molar-refractivity contribution in [3.8, 4) is 0 Å². The van der Waals surface area contributed by atoms with E-state index in [4.69, 9.17) is 0 Å². The molecule has 6 nitrogen and oxygen atoms in total. The summed E-state index contributed by atoms with van der Waals surface area (Å²) in [7, 11) is 1.92. The number of hydrogen-bond donors (Lipinski definition) is 2. The van der Waals surface area contributed by atoms with Crippen LogP contribution in [-0.2, 0) is 11.3 Å². The Kier molecular flexibility index (Phi) is 6.09. The summed E-state index contributed by atoms with van der Waals surface area (Å²) in [4.78, 5) is 25.2. The van der Waals surface area contributed by atoms with E-state index in [0.29, 0.717) is 0 Å². The fraction of sp³-hybridized carbons (Fsp3) is 0.312. The molecule has 24 heavy (non-hydrogen) atoms. The second-order valence-electron chi connectivity index (χ2n) is 5.72. The van der Waals surface area contributed by atoms with Crippen molar-refractivity contribution in [3.63, 3.8) is 0 Å². The molecule has 2 aromatic rings. The van der Waals surface area contributed by atoms with Crippen molar-refractivity contribution >= 4 is 44.5 Å². The van der Waals surface area contributed by atoms with Gasteiger partial charge in [-0.15, -0.1) is 11.3 Å². The molecule has 0 saturated carbocycles. The van der Waals surface area contributed by atoms with Crippen LogP contribution < -0.4 is 10.2 Å². The average Bonchev–Trinajstić information content (AvgIpc) is 2.88. The standard InChI is InChI=1S/C16H18BrN3O3S/c1-10-4-6-13(20(22)23)16(11(10)2)18-15(21)9-19(3)8-12-5-7-14(17)24-12/h4-7H,8-9H2,1-3H3,(H,18,21)/p+1. The Morgan fingerprint density at radius 3 is 2.62 bits per heavy atom. The number of nitro groups is 1. The van der Waals surface area contributed by atoms with Gasteiger partial charge < -0.3 is 10.2 Å². The zero-order valence-corrected chi connectivity index (χ0v) is 16.1. The number of aryl methyl sites for hydroxylation is 1. The van der Waals surface area contributed by atoms with Crippen LogP contribution in [-0.4, -0.2) is 24.4 Å². The van der Waals surface area contributed by atoms with Crippen LogP contribution in [0.25, 0.3) is 0 Å². The van der Waals surface area contributed by atoms with Crippen molar-refractivity contribution in [2.75, 3.05) is 18.9 Å². The van der Waals surface area contributed by atoms with Crippen LogP contribution in [0.5, 0.6) is 0 Å². The maximum Gasteiger partial charge on any atom is 0.293 e. The quantitative estimate of drug-likeness (QED) is 0.565. The molecule has 0 aliphatic heterocycles. The van der Waals surface area contributed by atoms with Crippen molar-refractivity contribution < 1.29 is 14.6 Å². The molecule has 0 aliphatic rings. The van der Waals surface area contributed by atoms with Gasteiger partial charge in [0.05, 0.1) is 20.6 Å². The third-order valence-electron chi connectivity index (χ3n) is 3.74. The van der Waals surface area contributed by atoms with E-state index in [1.54, 1.807) is 24.3 Å². The number of thiophene rings is 1. The Labute approximate surface area is 152 Å². The maximum absolute atomic E-state index is 12.3. The van der Waals surface area contributed by atoms with Crippen molar-refractivity contribution in [1.82, 2.24) is 0 Å². The summed E-state index contributed by atoms with van der Waals surface area (Å²) in [5.41, 5.74) is 1.83. The lowest BCUT2D eigenvalue weighted by atomic mass is 10.1. The van der Waals surface area contributed by atoms with Gasteiger partial charge in [0.2, 0.25) is 0 Å². The number of nitro benzene ring substituents is 1. The van der Waals surface area contributed by atoms with Crippen LogP contribution in [0.3, 0.4) is 0 Å². The van der Waals surface area contributed by atoms with E-state index >= 15 is 0 Å². The second kappa shape index (κ2) is 7.87. The Morgan fingerprint density at radius 2 is 2.04 bits per heavy atom. The molecule has 0 aliphatic carbocycles. The highest BCUT2D eigenvalue weighted by Crippen LogP contribution is 2.30. The molecule has 128 valence electrons. The summed E-state index contributed by atoms with van der Waals surface area (Å²) in [6.45, 7) is 4.59. The number of halogens is 1. The molecule has 1 heterocycles. The SMILES string of the molecule is Cc1ccc([N+](=O)[O-])c(NC(=O)C[NH+](C)Cc2ccc(Br)s2)c1C. The zero-order valence-electron chi connectivity index (χ0n) is 13.7. The fourth-order valence-electron chi connectivity index (χ4n) is 2.38. The van der Waals surface area contributed by atoms with Gasteiger partial charge in [-0.05, 0) is 53.0 Å². The van der Waals surface area contributed by atoms with E-state index in [9.17, 15) is 14.9 Å². The molecule has 1 amide bonds. The number of nitrogens with one attached hydrogen (secondary N) is 2. The van der Waals surface area contributed by atoms with E-state index in [2.05, 4.69) is 21.2 Å². The predicted octanol–water partition coefficient (Wildman–Crippen LogP) is 2.69. The van der Waals surface area contributed by atoms with Gasteiger partial charge in [-0.3, -0.25) is 14.9 Å². The minimum Gasteiger partial charge on any atom is -0.325 e. The van der Waals surface area contributed by atoms with Gasteiger partial charge in [0, 0.05) is 6.07 Å². The van der Waals surface area contributed by atoms with E-state index in [1.165, 1.54) is 10.9 Å². The van der Waals surface area contributed by atoms with Gasteiger partial charge in [-0.2, -0.15) is 0 Å². The number of quaternary nitrogens is 1. The molecule has 1 aromatic carbocycles. The van der Waals surface area contributed by atoms with Gasteiger partial charge in [-0.25, -0.2) is 0 Å². The number of nitrogens with zero attached hydrogens (tertiary/aromatic N) is 1. The summed E-state index contributed by atoms with van der Waals surface area (Å²) < 4.78 is 1.06. The second-order valence-corrected chi connectivity index (χ2v) is 8.27. The summed E-state index contributed by atoms with van der Waals surface area (Å²) in [5.74, 6) is -0.236. The van der Waals surface area contributed by atoms with Gasteiger partial charge in [0.1, 0.15) is 12.2 Å². The molecule has 1 atom stereocenters. The minimum absolute atomic E-state index is 0.0775. The molecule has 0 spiro atoms. The summed E-state index contributed by atoms with van der Waals surface area (Å²) in [6.07, 6.45) is 0. The molecular formula is C16H19BrN3O3S+. The van der Waals surface area contributed by atoms with Crippen molar-refractivity contribution in [3.05, 3.63) is 54.2 Å². The normalized spacial score (nSPS) is 12.0. The Bertz CT molecular complexity index is 776. The first-order valence-corrected chi connectivity index (χ1v) is 8.99. The lowest BCUT2D eigenvalue weighted by molar-refractivity contribution is -0.884. The van der Waals surface area contributed by atoms with Crippen LogP contribution in [0.1, 0.15) is 16.0 Å². The average molecular weight is 413 g/mol. The van der Waals surface area contributed by atoms with Gasteiger partial charge in [0.25, 0.3) is 11.6 Å². The summed E-state index contributed by atoms with van der Waals surface area (Å²) >= 11 is 5.05. The number of benzene rings is 1. The topological polar surface area (TPSA) is 76.7 Å². The van der Waals surface area contributed by atoms with Gasteiger partial charge in [0.15, 0.2) is 6.54 Å². The third kappa shape index (κ3) is 4.62. The van der Waals surface area contributed by atoms with Crippen LogP contribution in [0, 0.1) is 24.0 Å². The Balaban J connectivity index is 2.06. The minimum atomic E-state index is -0.470. The van der Waals surface area contributed by atoms with Crippen molar-refractivity contribution in [1.29, 1.82) is 0 Å². The zero-order chi connectivity index (χ0) is 17.9. The van der Waals surface area contributed by atoms with Crippen LogP contribution >= 0.6 is 27.3 Å². The molecule has 0 fully saturated rings. The highest BCUT2D eigenvalue weighted by Gasteiger charge is 2.21. The number of rotatable bonds is 6. The number of carbonyl (C=O) groups is 1. The lowest BCUT2D eigenvalue weighted by Crippen LogP contribution is -3.08.